The summed E-state index contributed by atoms with van der Waals surface area (Å²) in [7, 11) is 0. The van der Waals surface area contributed by atoms with Crippen LogP contribution < -0.4 is 5.32 Å². The van der Waals surface area contributed by atoms with E-state index in [-0.39, 0.29) is 0 Å². The van der Waals surface area contributed by atoms with Crippen LogP contribution in [0, 0.1) is 0 Å². The van der Waals surface area contributed by atoms with Gasteiger partial charge in [-0.15, -0.1) is 11.8 Å². The van der Waals surface area contributed by atoms with E-state index >= 15 is 0 Å². The molecule has 0 aliphatic carbocycles. The van der Waals surface area contributed by atoms with E-state index in [2.05, 4.69) is 17.4 Å². The molecule has 3 rings (SSSR count). The van der Waals surface area contributed by atoms with Gasteiger partial charge in [0.05, 0.1) is 0 Å². The van der Waals surface area contributed by atoms with Crippen LogP contribution in [0.4, 0.5) is 0 Å². The molecule has 1 saturated heterocycles. The van der Waals surface area contributed by atoms with Crippen molar-refractivity contribution in [3.63, 3.8) is 0 Å². The van der Waals surface area contributed by atoms with Gasteiger partial charge in [-0.05, 0) is 55.2 Å². The molecule has 1 aromatic carbocycles. The van der Waals surface area contributed by atoms with Crippen LogP contribution in [0.5, 0.6) is 0 Å². The normalized spacial score (nSPS) is 27.6. The first-order valence-electron chi connectivity index (χ1n) is 7.09. The lowest BCUT2D eigenvalue weighted by Crippen LogP contribution is -2.34. The smallest absolute Gasteiger partial charge is 0.0480 e. The lowest BCUT2D eigenvalue weighted by atomic mass is 10.0. The van der Waals surface area contributed by atoms with E-state index in [1.165, 1.54) is 35.5 Å². The highest BCUT2D eigenvalue weighted by Crippen LogP contribution is 2.38. The molecule has 0 saturated carbocycles. The van der Waals surface area contributed by atoms with Crippen LogP contribution in [0.1, 0.15) is 37.3 Å². The zero-order valence-electron chi connectivity index (χ0n) is 11.0. The molecule has 4 heteroatoms. The number of ether oxygens (including phenoxy) is 1. The quantitative estimate of drug-likeness (QED) is 0.890. The van der Waals surface area contributed by atoms with Gasteiger partial charge < -0.3 is 10.1 Å². The van der Waals surface area contributed by atoms with E-state index in [4.69, 9.17) is 16.3 Å². The average molecular weight is 298 g/mol. The second-order valence-corrected chi connectivity index (χ2v) is 6.85. The fraction of sp³-hybridized carbons (Fsp3) is 0.600. The molecule has 2 unspecified atom stereocenters. The molecule has 2 nitrogen and oxygen atoms in total. The summed E-state index contributed by atoms with van der Waals surface area (Å²) in [5.74, 6) is 1.19. The van der Waals surface area contributed by atoms with Crippen LogP contribution in [0.2, 0.25) is 5.02 Å². The van der Waals surface area contributed by atoms with Crippen molar-refractivity contribution in [2.24, 2.45) is 0 Å². The first kappa shape index (κ1) is 13.7. The van der Waals surface area contributed by atoms with E-state index in [9.17, 15) is 0 Å². The molecule has 2 heterocycles. The summed E-state index contributed by atoms with van der Waals surface area (Å²) in [4.78, 5) is 1.39. The molecule has 2 atom stereocenters. The Morgan fingerprint density at radius 3 is 3.11 bits per heavy atom. The Labute approximate surface area is 124 Å². The van der Waals surface area contributed by atoms with Crippen LogP contribution in [0.25, 0.3) is 0 Å². The van der Waals surface area contributed by atoms with Crippen molar-refractivity contribution < 1.29 is 4.74 Å². The molecule has 2 aliphatic heterocycles. The minimum Gasteiger partial charge on any atom is -0.381 e. The van der Waals surface area contributed by atoms with Gasteiger partial charge in [0.2, 0.25) is 0 Å². The van der Waals surface area contributed by atoms with E-state index < -0.39 is 0 Å². The van der Waals surface area contributed by atoms with E-state index in [0.717, 1.165) is 24.7 Å². The van der Waals surface area contributed by atoms with Crippen molar-refractivity contribution in [1.29, 1.82) is 0 Å². The Hall–Kier alpha value is -0.220. The van der Waals surface area contributed by atoms with Gasteiger partial charge in [0, 0.05) is 35.2 Å². The van der Waals surface area contributed by atoms with E-state index in [1.54, 1.807) is 0 Å². The standard InChI is InChI=1S/C15H20ClNOS/c16-11-3-4-15-13(10-11)14(6-9-19-15)17-12-2-1-7-18-8-5-12/h3-4,10,12,14,17H,1-2,5-9H2. The zero-order chi connectivity index (χ0) is 13.1. The van der Waals surface area contributed by atoms with Gasteiger partial charge in [-0.25, -0.2) is 0 Å². The second kappa shape index (κ2) is 6.49. The van der Waals surface area contributed by atoms with Crippen LogP contribution >= 0.6 is 23.4 Å². The van der Waals surface area contributed by atoms with Gasteiger partial charge in [-0.1, -0.05) is 11.6 Å². The molecule has 0 spiro atoms. The van der Waals surface area contributed by atoms with Gasteiger partial charge in [-0.2, -0.15) is 0 Å². The van der Waals surface area contributed by atoms with Crippen molar-refractivity contribution in [2.75, 3.05) is 19.0 Å². The second-order valence-electron chi connectivity index (χ2n) is 5.28. The topological polar surface area (TPSA) is 21.3 Å². The van der Waals surface area contributed by atoms with Gasteiger partial charge in [0.25, 0.3) is 0 Å². The van der Waals surface area contributed by atoms with Crippen LogP contribution in [-0.2, 0) is 4.74 Å². The largest absolute Gasteiger partial charge is 0.381 e. The predicted octanol–water partition coefficient (Wildman–Crippen LogP) is 4.04. The molecule has 1 aromatic rings. The number of benzene rings is 1. The van der Waals surface area contributed by atoms with Gasteiger partial charge in [0.1, 0.15) is 0 Å². The van der Waals surface area contributed by atoms with Crippen molar-refractivity contribution in [3.8, 4) is 0 Å². The molecule has 2 aliphatic rings. The minimum atomic E-state index is 0.457. The summed E-state index contributed by atoms with van der Waals surface area (Å²) in [5.41, 5.74) is 1.38. The molecular weight excluding hydrogens is 278 g/mol. The number of hydrogen-bond donors (Lipinski definition) is 1. The number of fused-ring (bicyclic) bond motifs is 1. The fourth-order valence-electron chi connectivity index (χ4n) is 2.89. The number of thioether (sulfide) groups is 1. The third-order valence-electron chi connectivity index (χ3n) is 3.90. The number of halogens is 1. The van der Waals surface area contributed by atoms with Gasteiger partial charge in [0.15, 0.2) is 0 Å². The maximum Gasteiger partial charge on any atom is 0.0480 e. The maximum absolute atomic E-state index is 6.15. The maximum atomic E-state index is 6.15. The highest BCUT2D eigenvalue weighted by molar-refractivity contribution is 7.99. The third kappa shape index (κ3) is 3.46. The third-order valence-corrected chi connectivity index (χ3v) is 5.26. The predicted molar refractivity (Wildman–Crippen MR) is 81.1 cm³/mol. The lowest BCUT2D eigenvalue weighted by molar-refractivity contribution is 0.142. The molecular formula is C15H20ClNOS. The molecule has 1 N–H and O–H groups in total. The summed E-state index contributed by atoms with van der Waals surface area (Å²) in [6, 6.07) is 7.33. The number of rotatable bonds is 2. The van der Waals surface area contributed by atoms with Crippen molar-refractivity contribution in [1.82, 2.24) is 5.32 Å². The Morgan fingerprint density at radius 1 is 1.21 bits per heavy atom. The Morgan fingerprint density at radius 2 is 2.16 bits per heavy atom. The first-order valence-corrected chi connectivity index (χ1v) is 8.45. The van der Waals surface area contributed by atoms with E-state index in [0.29, 0.717) is 12.1 Å². The number of nitrogens with one attached hydrogen (secondary N) is 1. The van der Waals surface area contributed by atoms with Crippen LogP contribution in [-0.4, -0.2) is 25.0 Å². The zero-order valence-corrected chi connectivity index (χ0v) is 12.6. The Balaban J connectivity index is 1.73. The SMILES string of the molecule is Clc1ccc2c(c1)C(NC1CCCOCC1)CCS2. The van der Waals surface area contributed by atoms with Crippen molar-refractivity contribution in [2.45, 2.75) is 42.7 Å². The summed E-state index contributed by atoms with van der Waals surface area (Å²) < 4.78 is 5.54. The molecule has 19 heavy (non-hydrogen) atoms. The molecule has 104 valence electrons. The summed E-state index contributed by atoms with van der Waals surface area (Å²) in [6.45, 7) is 1.81. The molecule has 0 radical (unpaired) electrons. The highest BCUT2D eigenvalue weighted by atomic mass is 35.5. The van der Waals surface area contributed by atoms with Crippen LogP contribution in [0.3, 0.4) is 0 Å². The van der Waals surface area contributed by atoms with Gasteiger partial charge in [-0.3, -0.25) is 0 Å². The fourth-order valence-corrected chi connectivity index (χ4v) is 4.18. The monoisotopic (exact) mass is 297 g/mol. The number of hydrogen-bond acceptors (Lipinski definition) is 3. The van der Waals surface area contributed by atoms with E-state index in [1.807, 2.05) is 17.8 Å². The van der Waals surface area contributed by atoms with Crippen LogP contribution in [0.15, 0.2) is 23.1 Å². The average Bonchev–Trinajstić information content (AvgIpc) is 2.68. The molecule has 1 fully saturated rings. The van der Waals surface area contributed by atoms with Crippen molar-refractivity contribution in [3.05, 3.63) is 28.8 Å². The Bertz CT molecular complexity index is 432. The Kier molecular flexibility index (Phi) is 4.69. The minimum absolute atomic E-state index is 0.457. The van der Waals surface area contributed by atoms with Crippen molar-refractivity contribution >= 4 is 23.4 Å². The lowest BCUT2D eigenvalue weighted by Gasteiger charge is -2.30. The summed E-state index contributed by atoms with van der Waals surface area (Å²) >= 11 is 8.10. The van der Waals surface area contributed by atoms with Gasteiger partial charge >= 0.3 is 0 Å². The summed E-state index contributed by atoms with van der Waals surface area (Å²) in [5, 5.41) is 4.67. The molecule has 0 amide bonds. The first-order chi connectivity index (χ1) is 9.33. The molecule has 0 aromatic heterocycles. The summed E-state index contributed by atoms with van der Waals surface area (Å²) in [6.07, 6.45) is 4.70. The molecule has 0 bridgehead atoms. The highest BCUT2D eigenvalue weighted by Gasteiger charge is 2.24.